The van der Waals surface area contributed by atoms with Crippen LogP contribution < -0.4 is 5.32 Å². The monoisotopic (exact) mass is 324 g/mol. The van der Waals surface area contributed by atoms with Crippen molar-refractivity contribution in [2.45, 2.75) is 25.4 Å². The molecule has 1 saturated heterocycles. The smallest absolute Gasteiger partial charge is 0.123 e. The topological polar surface area (TPSA) is 33.1 Å². The van der Waals surface area contributed by atoms with Gasteiger partial charge in [-0.25, -0.2) is 9.07 Å². The molecule has 4 nitrogen and oxygen atoms in total. The minimum absolute atomic E-state index is 0. The molecule has 1 fully saturated rings. The maximum absolute atomic E-state index is 13.0. The largest absolute Gasteiger partial charge is 0.317 e. The van der Waals surface area contributed by atoms with Crippen LogP contribution in [0.1, 0.15) is 18.5 Å². The fourth-order valence-corrected chi connectivity index (χ4v) is 2.90. The lowest BCUT2D eigenvalue weighted by atomic mass is 10.1. The molecule has 1 aromatic heterocycles. The molecule has 0 saturated carbocycles. The first-order chi connectivity index (χ1) is 10.2. The van der Waals surface area contributed by atoms with Crippen LogP contribution in [0.2, 0.25) is 0 Å². The lowest BCUT2D eigenvalue weighted by Crippen LogP contribution is -2.41. The van der Waals surface area contributed by atoms with E-state index in [4.69, 9.17) is 0 Å². The van der Waals surface area contributed by atoms with Gasteiger partial charge in [0.05, 0.1) is 11.4 Å². The summed E-state index contributed by atoms with van der Waals surface area (Å²) >= 11 is 0. The number of aromatic nitrogens is 2. The SMILES string of the molecule is CN(Cc1ccnn1-c1ccc(F)cc1)C1CCNCC1.Cl. The summed E-state index contributed by atoms with van der Waals surface area (Å²) in [5, 5.41) is 7.76. The second-order valence-corrected chi connectivity index (χ2v) is 5.61. The van der Waals surface area contributed by atoms with Crippen molar-refractivity contribution in [3.63, 3.8) is 0 Å². The molecule has 1 aliphatic rings. The fourth-order valence-electron chi connectivity index (χ4n) is 2.90. The maximum Gasteiger partial charge on any atom is 0.123 e. The summed E-state index contributed by atoms with van der Waals surface area (Å²) in [4.78, 5) is 2.39. The first kappa shape index (κ1) is 16.9. The van der Waals surface area contributed by atoms with Crippen LogP contribution in [0.4, 0.5) is 4.39 Å². The van der Waals surface area contributed by atoms with Gasteiger partial charge in [0.2, 0.25) is 0 Å². The van der Waals surface area contributed by atoms with Gasteiger partial charge in [0, 0.05) is 18.8 Å². The second kappa shape index (κ2) is 7.72. The van der Waals surface area contributed by atoms with Gasteiger partial charge in [0.1, 0.15) is 5.82 Å². The molecular weight excluding hydrogens is 303 g/mol. The molecule has 1 aliphatic heterocycles. The normalized spacial score (nSPS) is 15.8. The van der Waals surface area contributed by atoms with Crippen molar-refractivity contribution >= 4 is 12.4 Å². The Hall–Kier alpha value is -1.43. The summed E-state index contributed by atoms with van der Waals surface area (Å²) in [6.45, 7) is 3.03. The number of hydrogen-bond acceptors (Lipinski definition) is 3. The molecule has 0 spiro atoms. The Kier molecular flexibility index (Phi) is 5.94. The molecule has 0 atom stereocenters. The van der Waals surface area contributed by atoms with E-state index in [1.54, 1.807) is 18.3 Å². The average Bonchev–Trinajstić information content (AvgIpc) is 2.97. The second-order valence-electron chi connectivity index (χ2n) is 5.61. The molecule has 0 radical (unpaired) electrons. The number of piperidine rings is 1. The number of nitrogens with one attached hydrogen (secondary N) is 1. The molecule has 120 valence electrons. The average molecular weight is 325 g/mol. The van der Waals surface area contributed by atoms with E-state index in [0.29, 0.717) is 6.04 Å². The van der Waals surface area contributed by atoms with E-state index >= 15 is 0 Å². The fraction of sp³-hybridized carbons (Fsp3) is 0.438. The number of hydrogen-bond donors (Lipinski definition) is 1. The molecule has 0 aliphatic carbocycles. The number of nitrogens with zero attached hydrogens (tertiary/aromatic N) is 3. The van der Waals surface area contributed by atoms with Gasteiger partial charge in [0.15, 0.2) is 0 Å². The van der Waals surface area contributed by atoms with Crippen molar-refractivity contribution < 1.29 is 4.39 Å². The number of rotatable bonds is 4. The van der Waals surface area contributed by atoms with Crippen LogP contribution in [-0.4, -0.2) is 40.9 Å². The summed E-state index contributed by atoms with van der Waals surface area (Å²) < 4.78 is 14.9. The van der Waals surface area contributed by atoms with Crippen LogP contribution in [-0.2, 0) is 6.54 Å². The van der Waals surface area contributed by atoms with Crippen molar-refractivity contribution in [2.24, 2.45) is 0 Å². The zero-order valence-corrected chi connectivity index (χ0v) is 13.5. The summed E-state index contributed by atoms with van der Waals surface area (Å²) in [6.07, 6.45) is 4.16. The Labute approximate surface area is 136 Å². The van der Waals surface area contributed by atoms with Gasteiger partial charge >= 0.3 is 0 Å². The highest BCUT2D eigenvalue weighted by atomic mass is 35.5. The van der Waals surface area contributed by atoms with Crippen molar-refractivity contribution in [1.29, 1.82) is 0 Å². The van der Waals surface area contributed by atoms with Crippen LogP contribution in [0, 0.1) is 5.82 Å². The molecule has 2 aromatic rings. The van der Waals surface area contributed by atoms with E-state index in [1.807, 2.05) is 10.7 Å². The van der Waals surface area contributed by atoms with Gasteiger partial charge in [-0.15, -0.1) is 12.4 Å². The summed E-state index contributed by atoms with van der Waals surface area (Å²) in [6, 6.07) is 9.10. The van der Waals surface area contributed by atoms with E-state index in [9.17, 15) is 4.39 Å². The highest BCUT2D eigenvalue weighted by Gasteiger charge is 2.19. The molecule has 0 bridgehead atoms. The zero-order valence-electron chi connectivity index (χ0n) is 12.7. The Morgan fingerprint density at radius 1 is 1.23 bits per heavy atom. The van der Waals surface area contributed by atoms with Crippen LogP contribution >= 0.6 is 12.4 Å². The van der Waals surface area contributed by atoms with E-state index in [-0.39, 0.29) is 18.2 Å². The van der Waals surface area contributed by atoms with Crippen molar-refractivity contribution in [1.82, 2.24) is 20.0 Å². The van der Waals surface area contributed by atoms with Gasteiger partial charge < -0.3 is 5.32 Å². The lowest BCUT2D eigenvalue weighted by molar-refractivity contribution is 0.188. The van der Waals surface area contributed by atoms with E-state index in [0.717, 1.165) is 31.0 Å². The van der Waals surface area contributed by atoms with Gasteiger partial charge in [0.25, 0.3) is 0 Å². The van der Waals surface area contributed by atoms with Gasteiger partial charge in [-0.05, 0) is 63.3 Å². The zero-order chi connectivity index (χ0) is 14.7. The molecule has 3 rings (SSSR count). The summed E-state index contributed by atoms with van der Waals surface area (Å²) in [5.41, 5.74) is 2.03. The van der Waals surface area contributed by atoms with Crippen molar-refractivity contribution in [2.75, 3.05) is 20.1 Å². The molecule has 22 heavy (non-hydrogen) atoms. The Morgan fingerprint density at radius 3 is 2.59 bits per heavy atom. The molecule has 2 heterocycles. The lowest BCUT2D eigenvalue weighted by Gasteiger charge is -2.31. The minimum Gasteiger partial charge on any atom is -0.317 e. The van der Waals surface area contributed by atoms with Crippen LogP contribution in [0.5, 0.6) is 0 Å². The number of halogens is 2. The molecule has 1 aromatic carbocycles. The van der Waals surface area contributed by atoms with Gasteiger partial charge in [-0.2, -0.15) is 5.10 Å². The maximum atomic E-state index is 13.0. The van der Waals surface area contributed by atoms with Crippen LogP contribution in [0.15, 0.2) is 36.5 Å². The molecule has 0 amide bonds. The van der Waals surface area contributed by atoms with Gasteiger partial charge in [-0.3, -0.25) is 4.90 Å². The standard InChI is InChI=1S/C16H21FN4.ClH/c1-20(14-6-9-18-10-7-14)12-16-8-11-19-21(16)15-4-2-13(17)3-5-15;/h2-5,8,11,14,18H,6-7,9-10,12H2,1H3;1H. The summed E-state index contributed by atoms with van der Waals surface area (Å²) in [7, 11) is 2.16. The minimum atomic E-state index is -0.223. The van der Waals surface area contributed by atoms with Crippen LogP contribution in [0.3, 0.4) is 0 Å². The van der Waals surface area contributed by atoms with Crippen molar-refractivity contribution in [3.05, 3.63) is 48.0 Å². The molecule has 1 N–H and O–H groups in total. The van der Waals surface area contributed by atoms with E-state index < -0.39 is 0 Å². The quantitative estimate of drug-likeness (QED) is 0.938. The number of benzene rings is 1. The highest BCUT2D eigenvalue weighted by molar-refractivity contribution is 5.85. The molecule has 0 unspecified atom stereocenters. The first-order valence-electron chi connectivity index (χ1n) is 7.44. The molecular formula is C16H22ClFN4. The Bertz CT molecular complexity index is 578. The Morgan fingerprint density at radius 2 is 1.91 bits per heavy atom. The third kappa shape index (κ3) is 3.85. The predicted octanol–water partition coefficient (Wildman–Crippen LogP) is 2.62. The van der Waals surface area contributed by atoms with E-state index in [1.165, 1.54) is 25.0 Å². The van der Waals surface area contributed by atoms with Crippen LogP contribution in [0.25, 0.3) is 5.69 Å². The Balaban J connectivity index is 0.00000176. The third-order valence-corrected chi connectivity index (χ3v) is 4.14. The van der Waals surface area contributed by atoms with Crippen molar-refractivity contribution in [3.8, 4) is 5.69 Å². The predicted molar refractivity (Wildman–Crippen MR) is 88.1 cm³/mol. The first-order valence-corrected chi connectivity index (χ1v) is 7.44. The summed E-state index contributed by atoms with van der Waals surface area (Å²) in [5.74, 6) is -0.223. The highest BCUT2D eigenvalue weighted by Crippen LogP contribution is 2.16. The van der Waals surface area contributed by atoms with E-state index in [2.05, 4.69) is 22.4 Å². The molecule has 6 heteroatoms. The third-order valence-electron chi connectivity index (χ3n) is 4.14. The van der Waals surface area contributed by atoms with Gasteiger partial charge in [-0.1, -0.05) is 0 Å².